The Bertz CT molecular complexity index is 862. The first-order chi connectivity index (χ1) is 13.4. The fourth-order valence-corrected chi connectivity index (χ4v) is 3.14. The number of carbonyl (C=O) groups is 1. The van der Waals surface area contributed by atoms with Crippen LogP contribution in [0.5, 0.6) is 0 Å². The van der Waals surface area contributed by atoms with Gasteiger partial charge in [0, 0.05) is 24.6 Å². The summed E-state index contributed by atoms with van der Waals surface area (Å²) in [6, 6.07) is 6.19. The molecule has 0 unspecified atom stereocenters. The molecule has 148 valence electrons. The first-order valence-electron chi connectivity index (χ1n) is 9.27. The third-order valence-electron chi connectivity index (χ3n) is 4.61. The highest BCUT2D eigenvalue weighted by Crippen LogP contribution is 2.30. The molecule has 1 aromatic carbocycles. The quantitative estimate of drug-likeness (QED) is 0.627. The Morgan fingerprint density at radius 1 is 1.11 bits per heavy atom. The van der Waals surface area contributed by atoms with E-state index in [4.69, 9.17) is 0 Å². The maximum Gasteiger partial charge on any atom is 0.416 e. The molecule has 0 atom stereocenters. The second kappa shape index (κ2) is 8.91. The smallest absolute Gasteiger partial charge is 0.383 e. The molecule has 4 nitrogen and oxygen atoms in total. The minimum absolute atomic E-state index is 0.0856. The summed E-state index contributed by atoms with van der Waals surface area (Å²) in [6.07, 6.45) is 6.56. The van der Waals surface area contributed by atoms with Crippen molar-refractivity contribution >= 4 is 17.3 Å². The molecule has 0 radical (unpaired) electrons. The zero-order valence-electron chi connectivity index (χ0n) is 15.4. The summed E-state index contributed by atoms with van der Waals surface area (Å²) >= 11 is 0. The SMILES string of the molecule is O=C(Nc1cccc(C(F)(F)F)c1)c1cncc(NCCC2=CCCCC2)c1. The van der Waals surface area contributed by atoms with E-state index in [9.17, 15) is 18.0 Å². The molecular formula is C21H22F3N3O. The highest BCUT2D eigenvalue weighted by molar-refractivity contribution is 6.04. The Balaban J connectivity index is 1.60. The molecule has 3 rings (SSSR count). The number of halogens is 3. The zero-order chi connectivity index (χ0) is 20.0. The van der Waals surface area contributed by atoms with Crippen molar-refractivity contribution < 1.29 is 18.0 Å². The van der Waals surface area contributed by atoms with Gasteiger partial charge in [-0.25, -0.2) is 0 Å². The van der Waals surface area contributed by atoms with Crippen LogP contribution in [0, 0.1) is 0 Å². The van der Waals surface area contributed by atoms with Gasteiger partial charge in [0.1, 0.15) is 0 Å². The standard InChI is InChI=1S/C21H22F3N3O/c22-21(23,24)17-7-4-8-18(12-17)27-20(28)16-11-19(14-25-13-16)26-10-9-15-5-2-1-3-6-15/h4-5,7-8,11-14,26H,1-3,6,9-10H2,(H,27,28). The van der Waals surface area contributed by atoms with Gasteiger partial charge in [-0.3, -0.25) is 9.78 Å². The predicted octanol–water partition coefficient (Wildman–Crippen LogP) is 5.66. The first-order valence-corrected chi connectivity index (χ1v) is 9.27. The molecule has 1 heterocycles. The molecule has 28 heavy (non-hydrogen) atoms. The largest absolute Gasteiger partial charge is 0.416 e. The van der Waals surface area contributed by atoms with Crippen molar-refractivity contribution in [1.82, 2.24) is 4.98 Å². The van der Waals surface area contributed by atoms with Gasteiger partial charge in [0.15, 0.2) is 0 Å². The van der Waals surface area contributed by atoms with Crippen molar-refractivity contribution in [1.29, 1.82) is 0 Å². The Kier molecular flexibility index (Phi) is 6.34. The number of rotatable bonds is 6. The summed E-state index contributed by atoms with van der Waals surface area (Å²) in [6.45, 7) is 0.742. The average Bonchev–Trinajstić information content (AvgIpc) is 2.69. The molecule has 0 spiro atoms. The number of hydrogen-bond acceptors (Lipinski definition) is 3. The van der Waals surface area contributed by atoms with E-state index in [0.717, 1.165) is 37.9 Å². The monoisotopic (exact) mass is 389 g/mol. The number of pyridine rings is 1. The van der Waals surface area contributed by atoms with Gasteiger partial charge < -0.3 is 10.6 Å². The van der Waals surface area contributed by atoms with Crippen molar-refractivity contribution in [3.63, 3.8) is 0 Å². The van der Waals surface area contributed by atoms with Gasteiger partial charge in [-0.2, -0.15) is 13.2 Å². The highest BCUT2D eigenvalue weighted by atomic mass is 19.4. The molecule has 0 aliphatic heterocycles. The van der Waals surface area contributed by atoms with Crippen LogP contribution in [0.1, 0.15) is 48.0 Å². The number of aromatic nitrogens is 1. The molecule has 1 aliphatic rings. The Labute approximate surface area is 161 Å². The predicted molar refractivity (Wildman–Crippen MR) is 103 cm³/mol. The number of carbonyl (C=O) groups excluding carboxylic acids is 1. The van der Waals surface area contributed by atoms with Gasteiger partial charge in [-0.1, -0.05) is 17.7 Å². The number of alkyl halides is 3. The molecule has 1 aliphatic carbocycles. The van der Waals surface area contributed by atoms with Crippen LogP contribution in [-0.4, -0.2) is 17.4 Å². The molecule has 1 aromatic heterocycles. The summed E-state index contributed by atoms with van der Waals surface area (Å²) in [5, 5.41) is 5.74. The molecule has 0 bridgehead atoms. The lowest BCUT2D eigenvalue weighted by Gasteiger charge is -2.14. The van der Waals surface area contributed by atoms with Gasteiger partial charge >= 0.3 is 6.18 Å². The van der Waals surface area contributed by atoms with Crippen LogP contribution in [0.2, 0.25) is 0 Å². The number of amides is 1. The summed E-state index contributed by atoms with van der Waals surface area (Å²) in [5.74, 6) is -0.509. The van der Waals surface area contributed by atoms with E-state index in [1.165, 1.54) is 36.7 Å². The fraction of sp³-hybridized carbons (Fsp3) is 0.333. The first kappa shape index (κ1) is 19.9. The molecule has 0 fully saturated rings. The minimum Gasteiger partial charge on any atom is -0.383 e. The van der Waals surface area contributed by atoms with Crippen LogP contribution in [0.3, 0.4) is 0 Å². The lowest BCUT2D eigenvalue weighted by Crippen LogP contribution is -2.14. The van der Waals surface area contributed by atoms with Gasteiger partial charge in [0.25, 0.3) is 5.91 Å². The summed E-state index contributed by atoms with van der Waals surface area (Å²) in [4.78, 5) is 16.4. The summed E-state index contributed by atoms with van der Waals surface area (Å²) in [5.41, 5.74) is 1.70. The number of allylic oxidation sites excluding steroid dienone is 1. The Hall–Kier alpha value is -2.83. The maximum atomic E-state index is 12.8. The Morgan fingerprint density at radius 3 is 2.71 bits per heavy atom. The van der Waals surface area contributed by atoms with Crippen LogP contribution in [0.4, 0.5) is 24.5 Å². The van der Waals surface area contributed by atoms with Crippen LogP contribution in [0.25, 0.3) is 0 Å². The molecular weight excluding hydrogens is 367 g/mol. The average molecular weight is 389 g/mol. The third-order valence-corrected chi connectivity index (χ3v) is 4.61. The van der Waals surface area contributed by atoms with E-state index >= 15 is 0 Å². The van der Waals surface area contributed by atoms with E-state index < -0.39 is 17.6 Å². The minimum atomic E-state index is -4.46. The van der Waals surface area contributed by atoms with E-state index in [2.05, 4.69) is 21.7 Å². The van der Waals surface area contributed by atoms with Crippen molar-refractivity contribution in [2.75, 3.05) is 17.2 Å². The highest BCUT2D eigenvalue weighted by Gasteiger charge is 2.30. The molecule has 1 amide bonds. The molecule has 0 saturated carbocycles. The van der Waals surface area contributed by atoms with Crippen molar-refractivity contribution in [2.45, 2.75) is 38.3 Å². The van der Waals surface area contributed by atoms with Gasteiger partial charge in [-0.15, -0.1) is 0 Å². The number of benzene rings is 1. The van der Waals surface area contributed by atoms with E-state index in [-0.39, 0.29) is 11.3 Å². The maximum absolute atomic E-state index is 12.8. The molecule has 0 saturated heterocycles. The van der Waals surface area contributed by atoms with E-state index in [1.54, 1.807) is 12.3 Å². The topological polar surface area (TPSA) is 54.0 Å². The number of nitrogens with one attached hydrogen (secondary N) is 2. The van der Waals surface area contributed by atoms with Crippen LogP contribution in [0.15, 0.2) is 54.4 Å². The van der Waals surface area contributed by atoms with Gasteiger partial charge in [-0.05, 0) is 56.4 Å². The normalized spacial score (nSPS) is 14.3. The van der Waals surface area contributed by atoms with Gasteiger partial charge in [0.05, 0.1) is 16.8 Å². The van der Waals surface area contributed by atoms with Crippen molar-refractivity contribution in [2.24, 2.45) is 0 Å². The zero-order valence-corrected chi connectivity index (χ0v) is 15.4. The van der Waals surface area contributed by atoms with Crippen LogP contribution >= 0.6 is 0 Å². The molecule has 2 N–H and O–H groups in total. The van der Waals surface area contributed by atoms with Crippen molar-refractivity contribution in [3.05, 3.63) is 65.5 Å². The molecule has 2 aromatic rings. The Morgan fingerprint density at radius 2 is 1.96 bits per heavy atom. The second-order valence-corrected chi connectivity index (χ2v) is 6.78. The van der Waals surface area contributed by atoms with E-state index in [0.29, 0.717) is 5.69 Å². The lowest BCUT2D eigenvalue weighted by molar-refractivity contribution is -0.137. The number of nitrogens with zero attached hydrogens (tertiary/aromatic N) is 1. The number of anilines is 2. The number of hydrogen-bond donors (Lipinski definition) is 2. The summed E-state index contributed by atoms with van der Waals surface area (Å²) in [7, 11) is 0. The van der Waals surface area contributed by atoms with Gasteiger partial charge in [0.2, 0.25) is 0 Å². The summed E-state index contributed by atoms with van der Waals surface area (Å²) < 4.78 is 38.4. The second-order valence-electron chi connectivity index (χ2n) is 6.78. The fourth-order valence-electron chi connectivity index (χ4n) is 3.14. The molecule has 7 heteroatoms. The van der Waals surface area contributed by atoms with E-state index in [1.807, 2.05) is 0 Å². The van der Waals surface area contributed by atoms with Crippen LogP contribution < -0.4 is 10.6 Å². The van der Waals surface area contributed by atoms with Crippen LogP contribution in [-0.2, 0) is 6.18 Å². The lowest BCUT2D eigenvalue weighted by atomic mass is 9.97. The van der Waals surface area contributed by atoms with Crippen molar-refractivity contribution in [3.8, 4) is 0 Å². The third kappa shape index (κ3) is 5.58.